The van der Waals surface area contributed by atoms with Crippen molar-refractivity contribution in [3.63, 3.8) is 0 Å². The van der Waals surface area contributed by atoms with Gasteiger partial charge in [0, 0.05) is 12.5 Å². The lowest BCUT2D eigenvalue weighted by Gasteiger charge is -2.19. The number of hydrogen-bond acceptors (Lipinski definition) is 3. The van der Waals surface area contributed by atoms with Crippen molar-refractivity contribution in [2.75, 3.05) is 6.26 Å². The fourth-order valence-electron chi connectivity index (χ4n) is 1.34. The van der Waals surface area contributed by atoms with Gasteiger partial charge in [-0.15, -0.1) is 5.69 Å². The lowest BCUT2D eigenvalue weighted by molar-refractivity contribution is 0.609. The largest absolute Gasteiger partial charge is 0.575 e. The number of pyridine rings is 1. The van der Waals surface area contributed by atoms with Gasteiger partial charge >= 0.3 is 0 Å². The lowest BCUT2D eigenvalue weighted by Crippen LogP contribution is -1.91. The Morgan fingerprint density at radius 2 is 1.93 bits per heavy atom. The van der Waals surface area contributed by atoms with E-state index in [1.54, 1.807) is 24.4 Å². The first-order valence-electron chi connectivity index (χ1n) is 4.33. The maximum atomic E-state index is 11.0. The summed E-state index contributed by atoms with van der Waals surface area (Å²) in [5.41, 5.74) is 0.987. The topological polar surface area (TPSA) is 61.1 Å². The van der Waals surface area contributed by atoms with Crippen molar-refractivity contribution < 1.29 is 8.42 Å². The summed E-state index contributed by atoms with van der Waals surface area (Å²) in [4.78, 5) is 4.11. The number of nitrogens with zero attached hydrogens (tertiary/aromatic N) is 2. The maximum absolute atomic E-state index is 11.0. The second-order valence-electron chi connectivity index (χ2n) is 3.18. The molecule has 4 nitrogen and oxygen atoms in total. The average Bonchev–Trinajstić information content (AvgIpc) is 2.16. The van der Waals surface area contributed by atoms with Crippen molar-refractivity contribution in [3.8, 4) is 0 Å². The normalized spacial score (nSPS) is 11.5. The SMILES string of the molecule is CS(=O)(=O)[N-]c1cccc2cccnc12. The lowest BCUT2D eigenvalue weighted by atomic mass is 10.2. The molecule has 15 heavy (non-hydrogen) atoms. The Labute approximate surface area is 88.0 Å². The smallest absolute Gasteiger partial charge is 0.0909 e. The van der Waals surface area contributed by atoms with Crippen LogP contribution in [0.5, 0.6) is 0 Å². The molecule has 1 heterocycles. The Balaban J connectivity index is 2.61. The van der Waals surface area contributed by atoms with Crippen molar-refractivity contribution in [3.05, 3.63) is 41.3 Å². The molecule has 78 valence electrons. The summed E-state index contributed by atoms with van der Waals surface area (Å²) < 4.78 is 25.7. The van der Waals surface area contributed by atoms with Gasteiger partial charge in [-0.05, 0) is 11.5 Å². The van der Waals surface area contributed by atoms with E-state index in [1.807, 2.05) is 12.1 Å². The molecule has 0 saturated heterocycles. The predicted octanol–water partition coefficient (Wildman–Crippen LogP) is 2.20. The molecule has 0 spiro atoms. The summed E-state index contributed by atoms with van der Waals surface area (Å²) in [6, 6.07) is 8.92. The predicted molar refractivity (Wildman–Crippen MR) is 59.6 cm³/mol. The molecule has 0 bridgehead atoms. The van der Waals surface area contributed by atoms with E-state index in [1.165, 1.54) is 0 Å². The average molecular weight is 221 g/mol. The Hall–Kier alpha value is -1.62. The highest BCUT2D eigenvalue weighted by atomic mass is 32.2. The Bertz CT molecular complexity index is 588. The monoisotopic (exact) mass is 221 g/mol. The Morgan fingerprint density at radius 1 is 1.20 bits per heavy atom. The molecule has 0 atom stereocenters. The summed E-state index contributed by atoms with van der Waals surface area (Å²) >= 11 is 0. The minimum Gasteiger partial charge on any atom is -0.575 e. The van der Waals surface area contributed by atoms with Gasteiger partial charge in [-0.2, -0.15) is 0 Å². The van der Waals surface area contributed by atoms with Crippen LogP contribution in [-0.4, -0.2) is 19.7 Å². The molecule has 0 saturated carbocycles. The van der Waals surface area contributed by atoms with E-state index in [0.717, 1.165) is 11.6 Å². The van der Waals surface area contributed by atoms with Crippen molar-refractivity contribution in [1.82, 2.24) is 4.98 Å². The molecule has 0 unspecified atom stereocenters. The van der Waals surface area contributed by atoms with Gasteiger partial charge in [0.05, 0.1) is 15.5 Å². The van der Waals surface area contributed by atoms with Crippen LogP contribution >= 0.6 is 0 Å². The van der Waals surface area contributed by atoms with Gasteiger partial charge in [-0.3, -0.25) is 4.98 Å². The van der Waals surface area contributed by atoms with E-state index in [0.29, 0.717) is 11.2 Å². The number of aromatic nitrogens is 1. The van der Waals surface area contributed by atoms with Crippen molar-refractivity contribution in [1.29, 1.82) is 0 Å². The number of benzene rings is 1. The summed E-state index contributed by atoms with van der Waals surface area (Å²) in [6.07, 6.45) is 2.68. The molecule has 0 fully saturated rings. The Kier molecular flexibility index (Phi) is 2.32. The van der Waals surface area contributed by atoms with Crippen LogP contribution in [0.2, 0.25) is 0 Å². The molecule has 0 aliphatic heterocycles. The molecular formula is C10H9N2O2S-. The van der Waals surface area contributed by atoms with Gasteiger partial charge in [0.25, 0.3) is 0 Å². The molecule has 0 aliphatic carbocycles. The number of rotatable bonds is 2. The second kappa shape index (κ2) is 3.51. The highest BCUT2D eigenvalue weighted by Crippen LogP contribution is 2.29. The minimum absolute atomic E-state index is 0.385. The Morgan fingerprint density at radius 3 is 2.67 bits per heavy atom. The van der Waals surface area contributed by atoms with E-state index in [4.69, 9.17) is 0 Å². The third kappa shape index (κ3) is 2.24. The molecule has 1 aromatic heterocycles. The highest BCUT2D eigenvalue weighted by molar-refractivity contribution is 7.93. The molecular weight excluding hydrogens is 212 g/mol. The third-order valence-corrected chi connectivity index (χ3v) is 2.40. The van der Waals surface area contributed by atoms with Crippen molar-refractivity contribution in [2.24, 2.45) is 0 Å². The molecule has 2 rings (SSSR count). The van der Waals surface area contributed by atoms with Crippen LogP contribution in [0.15, 0.2) is 36.5 Å². The van der Waals surface area contributed by atoms with Gasteiger partial charge in [0.15, 0.2) is 0 Å². The third-order valence-electron chi connectivity index (χ3n) is 1.88. The second-order valence-corrected chi connectivity index (χ2v) is 4.83. The van der Waals surface area contributed by atoms with E-state index in [9.17, 15) is 8.42 Å². The first-order chi connectivity index (χ1) is 7.06. The van der Waals surface area contributed by atoms with Gasteiger partial charge in [-0.25, -0.2) is 8.42 Å². The minimum atomic E-state index is -3.38. The first kappa shape index (κ1) is 9.92. The fraction of sp³-hybridized carbons (Fsp3) is 0.100. The van der Waals surface area contributed by atoms with E-state index in [2.05, 4.69) is 9.71 Å². The van der Waals surface area contributed by atoms with Crippen LogP contribution in [0.1, 0.15) is 0 Å². The highest BCUT2D eigenvalue weighted by Gasteiger charge is 1.96. The van der Waals surface area contributed by atoms with E-state index < -0.39 is 10.0 Å². The summed E-state index contributed by atoms with van der Waals surface area (Å²) in [6.45, 7) is 0. The molecule has 0 amide bonds. The van der Waals surface area contributed by atoms with Crippen molar-refractivity contribution in [2.45, 2.75) is 0 Å². The number of hydrogen-bond donors (Lipinski definition) is 0. The zero-order chi connectivity index (χ0) is 10.9. The number of para-hydroxylation sites is 1. The van der Waals surface area contributed by atoms with Crippen LogP contribution < -0.4 is 0 Å². The van der Waals surface area contributed by atoms with Gasteiger partial charge < -0.3 is 4.72 Å². The van der Waals surface area contributed by atoms with Crippen LogP contribution in [0.3, 0.4) is 0 Å². The van der Waals surface area contributed by atoms with Gasteiger partial charge in [0.1, 0.15) is 0 Å². The van der Waals surface area contributed by atoms with Crippen LogP contribution in [-0.2, 0) is 10.0 Å². The summed E-state index contributed by atoms with van der Waals surface area (Å²) in [5.74, 6) is 0. The van der Waals surface area contributed by atoms with Crippen molar-refractivity contribution >= 4 is 26.6 Å². The summed E-state index contributed by atoms with van der Waals surface area (Å²) in [5, 5.41) is 0.877. The zero-order valence-corrected chi connectivity index (χ0v) is 8.90. The van der Waals surface area contributed by atoms with Crippen LogP contribution in [0.25, 0.3) is 15.6 Å². The van der Waals surface area contributed by atoms with E-state index in [-0.39, 0.29) is 0 Å². The number of fused-ring (bicyclic) bond motifs is 1. The molecule has 0 radical (unpaired) electrons. The quantitative estimate of drug-likeness (QED) is 0.781. The molecule has 5 heteroatoms. The van der Waals surface area contributed by atoms with Crippen LogP contribution in [0.4, 0.5) is 5.69 Å². The van der Waals surface area contributed by atoms with Gasteiger partial charge in [-0.1, -0.05) is 24.3 Å². The molecule has 2 aromatic rings. The van der Waals surface area contributed by atoms with Gasteiger partial charge in [0.2, 0.25) is 0 Å². The first-order valence-corrected chi connectivity index (χ1v) is 6.18. The zero-order valence-electron chi connectivity index (χ0n) is 8.08. The maximum Gasteiger partial charge on any atom is 0.0909 e. The standard InChI is InChI=1S/C10H9N2O2S/c1-15(13,14)12-9-6-2-4-8-5-3-7-11-10(8)9/h2-7H,1H3/q-1. The molecule has 0 N–H and O–H groups in total. The summed E-state index contributed by atoms with van der Waals surface area (Å²) in [7, 11) is -3.38. The fourth-order valence-corrected chi connectivity index (χ4v) is 1.85. The van der Waals surface area contributed by atoms with Crippen LogP contribution in [0, 0.1) is 0 Å². The molecule has 0 aliphatic rings. The van der Waals surface area contributed by atoms with E-state index >= 15 is 0 Å². The molecule has 1 aromatic carbocycles. The number of sulfonamides is 1.